The van der Waals surface area contributed by atoms with Gasteiger partial charge in [0.15, 0.2) is 0 Å². The zero-order chi connectivity index (χ0) is 20.7. The Bertz CT molecular complexity index is 787. The molecule has 3 rings (SSSR count). The average molecular weight is 426 g/mol. The SMILES string of the molecule is COc1ccc(C(=O)NCCN2CCOCC2)cc1S(=O)(=O)NC1CCCCC1. The molecule has 29 heavy (non-hydrogen) atoms. The zero-order valence-electron chi connectivity index (χ0n) is 17.0. The summed E-state index contributed by atoms with van der Waals surface area (Å²) in [5, 5.41) is 2.87. The number of methoxy groups -OCH3 is 1. The quantitative estimate of drug-likeness (QED) is 0.653. The first kappa shape index (κ1) is 22.0. The van der Waals surface area contributed by atoms with E-state index >= 15 is 0 Å². The Morgan fingerprint density at radius 1 is 1.21 bits per heavy atom. The molecule has 1 amide bonds. The van der Waals surface area contributed by atoms with Crippen LogP contribution in [0.5, 0.6) is 5.75 Å². The van der Waals surface area contributed by atoms with Crippen LogP contribution in [0, 0.1) is 0 Å². The highest BCUT2D eigenvalue weighted by atomic mass is 32.2. The largest absolute Gasteiger partial charge is 0.495 e. The minimum atomic E-state index is -3.77. The van der Waals surface area contributed by atoms with E-state index in [-0.39, 0.29) is 22.6 Å². The van der Waals surface area contributed by atoms with Crippen LogP contribution in [0.15, 0.2) is 23.1 Å². The Hall–Kier alpha value is -1.68. The number of hydrogen-bond acceptors (Lipinski definition) is 6. The molecule has 1 heterocycles. The van der Waals surface area contributed by atoms with Crippen LogP contribution in [0.2, 0.25) is 0 Å². The van der Waals surface area contributed by atoms with Crippen molar-refractivity contribution in [2.75, 3.05) is 46.5 Å². The van der Waals surface area contributed by atoms with E-state index in [1.807, 2.05) is 0 Å². The number of carbonyl (C=O) groups excluding carboxylic acids is 1. The second-order valence-electron chi connectivity index (χ2n) is 7.53. The summed E-state index contributed by atoms with van der Waals surface area (Å²) in [5.74, 6) is -0.0618. The van der Waals surface area contributed by atoms with Gasteiger partial charge in [0.05, 0.1) is 20.3 Å². The van der Waals surface area contributed by atoms with Gasteiger partial charge in [0.25, 0.3) is 5.91 Å². The molecule has 1 aromatic rings. The van der Waals surface area contributed by atoms with Gasteiger partial charge in [-0.1, -0.05) is 19.3 Å². The first-order valence-electron chi connectivity index (χ1n) is 10.3. The number of carbonyl (C=O) groups is 1. The van der Waals surface area contributed by atoms with Gasteiger partial charge in [-0.05, 0) is 31.0 Å². The molecule has 0 aromatic heterocycles. The summed E-state index contributed by atoms with van der Waals surface area (Å²) in [5.41, 5.74) is 0.303. The van der Waals surface area contributed by atoms with Gasteiger partial charge < -0.3 is 14.8 Å². The monoisotopic (exact) mass is 425 g/mol. The third-order valence-electron chi connectivity index (χ3n) is 5.46. The van der Waals surface area contributed by atoms with Crippen LogP contribution in [-0.2, 0) is 14.8 Å². The molecule has 8 nitrogen and oxygen atoms in total. The Balaban J connectivity index is 1.66. The highest BCUT2D eigenvalue weighted by Crippen LogP contribution is 2.27. The Kier molecular flexibility index (Phi) is 7.88. The van der Waals surface area contributed by atoms with E-state index in [0.717, 1.165) is 51.7 Å². The van der Waals surface area contributed by atoms with Crippen LogP contribution >= 0.6 is 0 Å². The van der Waals surface area contributed by atoms with Crippen molar-refractivity contribution in [2.45, 2.75) is 43.0 Å². The predicted octanol–water partition coefficient (Wildman–Crippen LogP) is 1.37. The van der Waals surface area contributed by atoms with E-state index in [1.54, 1.807) is 6.07 Å². The average Bonchev–Trinajstić information content (AvgIpc) is 2.74. The maximum Gasteiger partial charge on any atom is 0.251 e. The molecule has 0 spiro atoms. The van der Waals surface area contributed by atoms with Crippen LogP contribution in [0.25, 0.3) is 0 Å². The van der Waals surface area contributed by atoms with Gasteiger partial charge in [-0.15, -0.1) is 0 Å². The number of nitrogens with one attached hydrogen (secondary N) is 2. The van der Waals surface area contributed by atoms with Crippen LogP contribution in [0.1, 0.15) is 42.5 Å². The smallest absolute Gasteiger partial charge is 0.251 e. The van der Waals surface area contributed by atoms with Gasteiger partial charge in [-0.25, -0.2) is 13.1 Å². The minimum absolute atomic E-state index is 0.00593. The predicted molar refractivity (Wildman–Crippen MR) is 110 cm³/mol. The molecule has 0 radical (unpaired) electrons. The van der Waals surface area contributed by atoms with E-state index in [4.69, 9.17) is 9.47 Å². The molecule has 2 aliphatic rings. The van der Waals surface area contributed by atoms with E-state index in [1.165, 1.54) is 19.2 Å². The first-order chi connectivity index (χ1) is 14.0. The summed E-state index contributed by atoms with van der Waals surface area (Å²) < 4.78 is 39.2. The molecule has 1 aliphatic carbocycles. The lowest BCUT2D eigenvalue weighted by Gasteiger charge is -2.26. The zero-order valence-corrected chi connectivity index (χ0v) is 17.8. The van der Waals surface area contributed by atoms with Gasteiger partial charge in [-0.2, -0.15) is 0 Å². The lowest BCUT2D eigenvalue weighted by Crippen LogP contribution is -2.41. The highest BCUT2D eigenvalue weighted by Gasteiger charge is 2.26. The molecule has 0 atom stereocenters. The topological polar surface area (TPSA) is 97.0 Å². The van der Waals surface area contributed by atoms with Crippen molar-refractivity contribution in [3.05, 3.63) is 23.8 Å². The number of nitrogens with zero attached hydrogens (tertiary/aromatic N) is 1. The maximum absolute atomic E-state index is 12.9. The minimum Gasteiger partial charge on any atom is -0.495 e. The summed E-state index contributed by atoms with van der Waals surface area (Å²) in [4.78, 5) is 14.8. The summed E-state index contributed by atoms with van der Waals surface area (Å²) in [6.45, 7) is 4.36. The van der Waals surface area contributed by atoms with Crippen molar-refractivity contribution in [1.29, 1.82) is 0 Å². The van der Waals surface area contributed by atoms with Gasteiger partial charge in [-0.3, -0.25) is 9.69 Å². The molecule has 162 valence electrons. The van der Waals surface area contributed by atoms with E-state index < -0.39 is 10.0 Å². The fourth-order valence-corrected chi connectivity index (χ4v) is 5.29. The maximum atomic E-state index is 12.9. The molecule has 1 aromatic carbocycles. The van der Waals surface area contributed by atoms with Gasteiger partial charge >= 0.3 is 0 Å². The van der Waals surface area contributed by atoms with Crippen molar-refractivity contribution in [3.63, 3.8) is 0 Å². The Morgan fingerprint density at radius 3 is 2.62 bits per heavy atom. The summed E-state index contributed by atoms with van der Waals surface area (Å²) in [7, 11) is -2.35. The molecular formula is C20H31N3O5S. The summed E-state index contributed by atoms with van der Waals surface area (Å²) >= 11 is 0. The molecule has 9 heteroatoms. The first-order valence-corrected chi connectivity index (χ1v) is 11.8. The van der Waals surface area contributed by atoms with E-state index in [2.05, 4.69) is 14.9 Å². The third kappa shape index (κ3) is 6.15. The number of rotatable bonds is 8. The van der Waals surface area contributed by atoms with Crippen molar-refractivity contribution >= 4 is 15.9 Å². The number of benzene rings is 1. The van der Waals surface area contributed by atoms with Gasteiger partial charge in [0, 0.05) is 37.8 Å². The van der Waals surface area contributed by atoms with Crippen molar-refractivity contribution in [2.24, 2.45) is 0 Å². The van der Waals surface area contributed by atoms with Crippen molar-refractivity contribution < 1.29 is 22.7 Å². The molecule has 1 saturated carbocycles. The molecule has 1 saturated heterocycles. The second kappa shape index (κ2) is 10.4. The lowest BCUT2D eigenvalue weighted by atomic mass is 9.96. The lowest BCUT2D eigenvalue weighted by molar-refractivity contribution is 0.0383. The van der Waals surface area contributed by atoms with E-state index in [0.29, 0.717) is 25.3 Å². The standard InChI is InChI=1S/C20H31N3O5S/c1-27-18-8-7-16(20(24)21-9-10-23-11-13-28-14-12-23)15-19(18)29(25,26)22-17-5-3-2-4-6-17/h7-8,15,17,22H,2-6,9-14H2,1H3,(H,21,24). The molecular weight excluding hydrogens is 394 g/mol. The molecule has 1 aliphatic heterocycles. The summed E-state index contributed by atoms with van der Waals surface area (Å²) in [6, 6.07) is 4.45. The van der Waals surface area contributed by atoms with Gasteiger partial charge in [0.1, 0.15) is 10.6 Å². The summed E-state index contributed by atoms with van der Waals surface area (Å²) in [6.07, 6.45) is 4.86. The Morgan fingerprint density at radius 2 is 1.93 bits per heavy atom. The third-order valence-corrected chi connectivity index (χ3v) is 7.00. The van der Waals surface area contributed by atoms with Crippen molar-refractivity contribution in [3.8, 4) is 5.75 Å². The van der Waals surface area contributed by atoms with Crippen LogP contribution in [0.4, 0.5) is 0 Å². The van der Waals surface area contributed by atoms with Crippen LogP contribution in [0.3, 0.4) is 0 Å². The fourth-order valence-electron chi connectivity index (χ4n) is 3.79. The normalized spacial score (nSPS) is 19.1. The number of sulfonamides is 1. The van der Waals surface area contributed by atoms with Crippen molar-refractivity contribution in [1.82, 2.24) is 14.9 Å². The highest BCUT2D eigenvalue weighted by molar-refractivity contribution is 7.89. The molecule has 2 fully saturated rings. The number of hydrogen-bond donors (Lipinski definition) is 2. The molecule has 2 N–H and O–H groups in total. The number of ether oxygens (including phenoxy) is 2. The number of amides is 1. The van der Waals surface area contributed by atoms with Gasteiger partial charge in [0.2, 0.25) is 10.0 Å². The second-order valence-corrected chi connectivity index (χ2v) is 9.21. The van der Waals surface area contributed by atoms with Crippen LogP contribution < -0.4 is 14.8 Å². The fraction of sp³-hybridized carbons (Fsp3) is 0.650. The number of morpholine rings is 1. The molecule has 0 bridgehead atoms. The molecule has 0 unspecified atom stereocenters. The Labute approximate surface area is 173 Å². The van der Waals surface area contributed by atoms with Crippen LogP contribution in [-0.4, -0.2) is 71.8 Å². The van der Waals surface area contributed by atoms with E-state index in [9.17, 15) is 13.2 Å².